The van der Waals surface area contributed by atoms with Crippen LogP contribution < -0.4 is 11.1 Å². The Morgan fingerprint density at radius 3 is 3.16 bits per heavy atom. The fraction of sp³-hybridized carbons (Fsp3) is 0.250. The molecule has 0 spiro atoms. The zero-order valence-corrected chi connectivity index (χ0v) is 11.2. The van der Waals surface area contributed by atoms with Crippen LogP contribution >= 0.6 is 11.3 Å². The van der Waals surface area contributed by atoms with Crippen molar-refractivity contribution in [2.75, 3.05) is 11.1 Å². The van der Waals surface area contributed by atoms with Crippen LogP contribution in [0.2, 0.25) is 0 Å². The second-order valence-electron chi connectivity index (χ2n) is 4.41. The van der Waals surface area contributed by atoms with E-state index in [1.165, 1.54) is 5.56 Å². The summed E-state index contributed by atoms with van der Waals surface area (Å²) in [5, 5.41) is 7.58. The standard InChI is InChI=1S/C12H14N6S/c1-7(4-8-2-3-19-5-8)16-11-9-10(15-6-14-9)17-12(13)18-11/h2-3,5-7H,4H2,1H3,(H4,13,14,15,16,17,18). The van der Waals surface area contributed by atoms with Gasteiger partial charge in [0, 0.05) is 6.04 Å². The lowest BCUT2D eigenvalue weighted by Crippen LogP contribution is -2.19. The van der Waals surface area contributed by atoms with Gasteiger partial charge in [-0.2, -0.15) is 21.3 Å². The number of H-pyrrole nitrogens is 1. The molecule has 1 unspecified atom stereocenters. The molecule has 19 heavy (non-hydrogen) atoms. The lowest BCUT2D eigenvalue weighted by atomic mass is 10.1. The van der Waals surface area contributed by atoms with Crippen molar-refractivity contribution >= 4 is 34.3 Å². The number of thiophene rings is 1. The molecule has 0 aliphatic heterocycles. The molecule has 3 rings (SSSR count). The molecule has 0 aromatic carbocycles. The predicted molar refractivity (Wildman–Crippen MR) is 77.2 cm³/mol. The van der Waals surface area contributed by atoms with E-state index in [-0.39, 0.29) is 12.0 Å². The number of fused-ring (bicyclic) bond motifs is 1. The minimum absolute atomic E-state index is 0.227. The summed E-state index contributed by atoms with van der Waals surface area (Å²) in [5.41, 5.74) is 8.36. The molecule has 3 aromatic rings. The minimum Gasteiger partial charge on any atom is -0.368 e. The van der Waals surface area contributed by atoms with E-state index in [4.69, 9.17) is 5.73 Å². The molecule has 0 aliphatic carbocycles. The van der Waals surface area contributed by atoms with Crippen molar-refractivity contribution in [3.8, 4) is 0 Å². The summed E-state index contributed by atoms with van der Waals surface area (Å²) in [4.78, 5) is 15.4. The van der Waals surface area contributed by atoms with Crippen LogP contribution in [0.4, 0.5) is 11.8 Å². The number of hydrogen-bond donors (Lipinski definition) is 3. The third kappa shape index (κ3) is 2.50. The van der Waals surface area contributed by atoms with Crippen LogP contribution in [0.25, 0.3) is 11.2 Å². The molecule has 0 amide bonds. The van der Waals surface area contributed by atoms with Crippen molar-refractivity contribution in [2.45, 2.75) is 19.4 Å². The summed E-state index contributed by atoms with van der Waals surface area (Å²) in [7, 11) is 0. The first-order valence-corrected chi connectivity index (χ1v) is 6.91. The van der Waals surface area contributed by atoms with E-state index in [2.05, 4.69) is 49.0 Å². The molecule has 3 heterocycles. The molecule has 6 nitrogen and oxygen atoms in total. The molecule has 0 bridgehead atoms. The Hall–Kier alpha value is -2.15. The van der Waals surface area contributed by atoms with E-state index in [0.717, 1.165) is 11.9 Å². The second-order valence-corrected chi connectivity index (χ2v) is 5.19. The highest BCUT2D eigenvalue weighted by atomic mass is 32.1. The Bertz CT molecular complexity index is 675. The number of aromatic amines is 1. The van der Waals surface area contributed by atoms with Crippen molar-refractivity contribution in [3.63, 3.8) is 0 Å². The molecule has 3 aromatic heterocycles. The number of aromatic nitrogens is 4. The molecule has 4 N–H and O–H groups in total. The number of hydrogen-bond acceptors (Lipinski definition) is 6. The van der Waals surface area contributed by atoms with Crippen LogP contribution in [-0.2, 0) is 6.42 Å². The third-order valence-electron chi connectivity index (χ3n) is 2.81. The summed E-state index contributed by atoms with van der Waals surface area (Å²) in [6.07, 6.45) is 2.52. The van der Waals surface area contributed by atoms with Crippen molar-refractivity contribution < 1.29 is 0 Å². The van der Waals surface area contributed by atoms with Crippen LogP contribution in [0.15, 0.2) is 23.2 Å². The van der Waals surface area contributed by atoms with Crippen molar-refractivity contribution in [3.05, 3.63) is 28.7 Å². The maximum absolute atomic E-state index is 5.68. The number of nitrogen functional groups attached to an aromatic ring is 1. The van der Waals surface area contributed by atoms with Crippen molar-refractivity contribution in [2.24, 2.45) is 0 Å². The second kappa shape index (κ2) is 4.85. The Kier molecular flexibility index (Phi) is 3.04. The number of nitrogens with two attached hydrogens (primary N) is 1. The number of nitrogens with zero attached hydrogens (tertiary/aromatic N) is 3. The zero-order valence-electron chi connectivity index (χ0n) is 10.4. The fourth-order valence-electron chi connectivity index (χ4n) is 2.00. The van der Waals surface area contributed by atoms with Gasteiger partial charge in [0.05, 0.1) is 6.33 Å². The van der Waals surface area contributed by atoms with Gasteiger partial charge in [0.1, 0.15) is 5.52 Å². The van der Waals surface area contributed by atoms with E-state index in [1.54, 1.807) is 17.7 Å². The van der Waals surface area contributed by atoms with Gasteiger partial charge in [0.15, 0.2) is 11.5 Å². The van der Waals surface area contributed by atoms with Crippen LogP contribution in [0.1, 0.15) is 12.5 Å². The summed E-state index contributed by atoms with van der Waals surface area (Å²) < 4.78 is 0. The van der Waals surface area contributed by atoms with Crippen LogP contribution in [0.5, 0.6) is 0 Å². The van der Waals surface area contributed by atoms with E-state index in [1.807, 2.05) is 0 Å². The highest BCUT2D eigenvalue weighted by Crippen LogP contribution is 2.19. The highest BCUT2D eigenvalue weighted by molar-refractivity contribution is 7.07. The van der Waals surface area contributed by atoms with Gasteiger partial charge in [0.2, 0.25) is 5.95 Å². The molecule has 7 heteroatoms. The quantitative estimate of drug-likeness (QED) is 0.677. The molecule has 98 valence electrons. The zero-order chi connectivity index (χ0) is 13.2. The highest BCUT2D eigenvalue weighted by Gasteiger charge is 2.11. The lowest BCUT2D eigenvalue weighted by molar-refractivity contribution is 0.788. The van der Waals surface area contributed by atoms with Gasteiger partial charge in [-0.25, -0.2) is 4.98 Å². The molecule has 0 radical (unpaired) electrons. The maximum atomic E-state index is 5.68. The SMILES string of the molecule is CC(Cc1ccsc1)Nc1nc(N)nc2nc[nH]c12. The van der Waals surface area contributed by atoms with E-state index < -0.39 is 0 Å². The molecule has 0 saturated heterocycles. The lowest BCUT2D eigenvalue weighted by Gasteiger charge is -2.14. The van der Waals surface area contributed by atoms with E-state index in [0.29, 0.717) is 11.5 Å². The number of rotatable bonds is 4. The Labute approximate surface area is 114 Å². The van der Waals surface area contributed by atoms with Crippen LogP contribution in [0, 0.1) is 0 Å². The average Bonchev–Trinajstić information content (AvgIpc) is 2.99. The molecule has 0 saturated carbocycles. The van der Waals surface area contributed by atoms with E-state index in [9.17, 15) is 0 Å². The molecular formula is C12H14N6S. The Morgan fingerprint density at radius 2 is 2.37 bits per heavy atom. The predicted octanol–water partition coefficient (Wildman–Crippen LogP) is 2.04. The summed E-state index contributed by atoms with van der Waals surface area (Å²) in [5.74, 6) is 0.924. The first kappa shape index (κ1) is 11.9. The van der Waals surface area contributed by atoms with Crippen molar-refractivity contribution in [1.29, 1.82) is 0 Å². The summed E-state index contributed by atoms with van der Waals surface area (Å²) >= 11 is 1.70. The van der Waals surface area contributed by atoms with Gasteiger partial charge in [-0.3, -0.25) is 0 Å². The fourth-order valence-corrected chi connectivity index (χ4v) is 2.68. The molecule has 1 atom stereocenters. The smallest absolute Gasteiger partial charge is 0.224 e. The van der Waals surface area contributed by atoms with Crippen LogP contribution in [-0.4, -0.2) is 26.0 Å². The van der Waals surface area contributed by atoms with E-state index >= 15 is 0 Å². The van der Waals surface area contributed by atoms with Gasteiger partial charge in [0.25, 0.3) is 0 Å². The van der Waals surface area contributed by atoms with Gasteiger partial charge in [-0.05, 0) is 35.7 Å². The van der Waals surface area contributed by atoms with Crippen molar-refractivity contribution in [1.82, 2.24) is 19.9 Å². The topological polar surface area (TPSA) is 92.5 Å². The molecule has 0 aliphatic rings. The monoisotopic (exact) mass is 274 g/mol. The third-order valence-corrected chi connectivity index (χ3v) is 3.54. The first-order chi connectivity index (χ1) is 9.22. The first-order valence-electron chi connectivity index (χ1n) is 5.96. The minimum atomic E-state index is 0.227. The summed E-state index contributed by atoms with van der Waals surface area (Å²) in [6.45, 7) is 2.11. The Morgan fingerprint density at radius 1 is 1.47 bits per heavy atom. The molecule has 0 fully saturated rings. The van der Waals surface area contributed by atoms with Gasteiger partial charge < -0.3 is 16.0 Å². The number of anilines is 2. The van der Waals surface area contributed by atoms with Crippen LogP contribution in [0.3, 0.4) is 0 Å². The number of imidazole rings is 1. The Balaban J connectivity index is 1.82. The van der Waals surface area contributed by atoms with Gasteiger partial charge in [-0.1, -0.05) is 0 Å². The van der Waals surface area contributed by atoms with Gasteiger partial charge >= 0.3 is 0 Å². The maximum Gasteiger partial charge on any atom is 0.224 e. The normalized spacial score (nSPS) is 12.7. The average molecular weight is 274 g/mol. The number of nitrogens with one attached hydrogen (secondary N) is 2. The van der Waals surface area contributed by atoms with Gasteiger partial charge in [-0.15, -0.1) is 0 Å². The summed E-state index contributed by atoms with van der Waals surface area (Å²) in [6, 6.07) is 2.37. The largest absolute Gasteiger partial charge is 0.368 e. The molecular weight excluding hydrogens is 260 g/mol.